The Morgan fingerprint density at radius 2 is 1.69 bits per heavy atom. The minimum atomic E-state index is -4.78. The Labute approximate surface area is 253 Å². The number of nitrogens with one attached hydrogen (secondary N) is 1. The van der Waals surface area contributed by atoms with Gasteiger partial charge in [-0.1, -0.05) is 24.2 Å². The molecular weight excluding hydrogens is 650 g/mol. The van der Waals surface area contributed by atoms with Crippen LogP contribution in [-0.2, 0) is 19.3 Å². The van der Waals surface area contributed by atoms with Crippen molar-refractivity contribution in [2.75, 3.05) is 13.2 Å². The van der Waals surface area contributed by atoms with Crippen LogP contribution in [0.25, 0.3) is 10.6 Å². The fraction of sp³-hybridized carbons (Fsp3) is 0.407. The smallest absolute Gasteiger partial charge is 0.422 e. The standard InChI is InChI=1S/C27H26F10N4O3S/c1-2-15(26(32,33)34)7-8-39-11-19-22(45-24(40-19)14-3-5-16(6-4-14)27(35,36)37)12-43-21-10-20(44-13-25(29,30)31)17(9-18(21)28)23(38)41-42/h3-6,9-10,15,39,42H,2,7-8,11-13H2,1H3,(H2,38,41). The van der Waals surface area contributed by atoms with Crippen molar-refractivity contribution in [2.24, 2.45) is 16.8 Å². The molecule has 0 fully saturated rings. The van der Waals surface area contributed by atoms with Crippen LogP contribution in [-0.4, -0.2) is 41.5 Å². The zero-order chi connectivity index (χ0) is 33.6. The van der Waals surface area contributed by atoms with Crippen LogP contribution in [0.1, 0.15) is 41.5 Å². The third kappa shape index (κ3) is 10.1. The summed E-state index contributed by atoms with van der Waals surface area (Å²) in [6.07, 6.45) is -14.1. The molecule has 1 heterocycles. The summed E-state index contributed by atoms with van der Waals surface area (Å²) in [5.41, 5.74) is 4.54. The molecule has 248 valence electrons. The fourth-order valence-electron chi connectivity index (χ4n) is 3.96. The predicted molar refractivity (Wildman–Crippen MR) is 144 cm³/mol. The van der Waals surface area contributed by atoms with Crippen molar-refractivity contribution >= 4 is 17.2 Å². The van der Waals surface area contributed by atoms with Gasteiger partial charge >= 0.3 is 18.5 Å². The van der Waals surface area contributed by atoms with E-state index in [-0.39, 0.29) is 47.1 Å². The molecule has 0 aliphatic carbocycles. The molecule has 4 N–H and O–H groups in total. The molecule has 0 amide bonds. The summed E-state index contributed by atoms with van der Waals surface area (Å²) in [7, 11) is 0. The Morgan fingerprint density at radius 3 is 2.24 bits per heavy atom. The Bertz CT molecular complexity index is 1460. The number of ether oxygens (including phenoxy) is 2. The molecule has 1 atom stereocenters. The van der Waals surface area contributed by atoms with Gasteiger partial charge in [-0.25, -0.2) is 9.37 Å². The number of aromatic nitrogens is 1. The number of benzene rings is 2. The van der Waals surface area contributed by atoms with E-state index >= 15 is 0 Å². The highest BCUT2D eigenvalue weighted by Gasteiger charge is 2.37. The van der Waals surface area contributed by atoms with Crippen molar-refractivity contribution < 1.29 is 58.6 Å². The van der Waals surface area contributed by atoms with E-state index in [1.807, 2.05) is 0 Å². The molecule has 3 aromatic rings. The molecule has 0 radical (unpaired) electrons. The van der Waals surface area contributed by atoms with E-state index in [0.717, 1.165) is 29.5 Å². The number of nitrogens with two attached hydrogens (primary N) is 1. The van der Waals surface area contributed by atoms with Crippen LogP contribution in [0.4, 0.5) is 43.9 Å². The summed E-state index contributed by atoms with van der Waals surface area (Å²) in [5, 5.41) is 14.6. The lowest BCUT2D eigenvalue weighted by atomic mass is 10.0. The van der Waals surface area contributed by atoms with Crippen LogP contribution in [0.3, 0.4) is 0 Å². The van der Waals surface area contributed by atoms with Crippen LogP contribution in [0.5, 0.6) is 11.5 Å². The average molecular weight is 677 g/mol. The van der Waals surface area contributed by atoms with Crippen molar-refractivity contribution in [3.05, 3.63) is 63.9 Å². The first-order chi connectivity index (χ1) is 20.9. The van der Waals surface area contributed by atoms with Crippen LogP contribution >= 0.6 is 11.3 Å². The molecule has 18 heteroatoms. The van der Waals surface area contributed by atoms with Gasteiger partial charge in [-0.05, 0) is 37.6 Å². The van der Waals surface area contributed by atoms with Gasteiger partial charge in [0.25, 0.3) is 0 Å². The molecule has 0 aliphatic heterocycles. The lowest BCUT2D eigenvalue weighted by Gasteiger charge is -2.18. The maximum Gasteiger partial charge on any atom is 0.422 e. The number of hydrogen-bond acceptors (Lipinski definition) is 7. The minimum Gasteiger partial charge on any atom is -0.485 e. The quantitative estimate of drug-likeness (QED) is 0.0430. The van der Waals surface area contributed by atoms with Gasteiger partial charge in [-0.15, -0.1) is 11.3 Å². The number of alkyl halides is 9. The maximum absolute atomic E-state index is 14.9. The zero-order valence-electron chi connectivity index (χ0n) is 23.2. The van der Waals surface area contributed by atoms with E-state index in [2.05, 4.69) is 20.2 Å². The summed E-state index contributed by atoms with van der Waals surface area (Å²) in [6.45, 7) is -0.989. The normalized spacial score (nSPS) is 13.6. The van der Waals surface area contributed by atoms with Crippen molar-refractivity contribution in [3.63, 3.8) is 0 Å². The van der Waals surface area contributed by atoms with Crippen molar-refractivity contribution in [1.82, 2.24) is 10.3 Å². The Morgan fingerprint density at radius 1 is 1.02 bits per heavy atom. The van der Waals surface area contributed by atoms with E-state index in [9.17, 15) is 43.9 Å². The van der Waals surface area contributed by atoms with Gasteiger partial charge in [0.2, 0.25) is 0 Å². The van der Waals surface area contributed by atoms with Gasteiger partial charge in [0.05, 0.1) is 27.6 Å². The Balaban J connectivity index is 1.88. The number of rotatable bonds is 13. The third-order valence-corrected chi connectivity index (χ3v) is 7.44. The fourth-order valence-corrected chi connectivity index (χ4v) is 4.96. The lowest BCUT2D eigenvalue weighted by Crippen LogP contribution is -2.27. The van der Waals surface area contributed by atoms with Crippen LogP contribution in [0, 0.1) is 11.7 Å². The van der Waals surface area contributed by atoms with E-state index < -0.39 is 71.9 Å². The van der Waals surface area contributed by atoms with Crippen molar-refractivity contribution in [3.8, 4) is 22.1 Å². The van der Waals surface area contributed by atoms with Gasteiger partial charge in [-0.2, -0.15) is 39.5 Å². The van der Waals surface area contributed by atoms with Crippen LogP contribution in [0.2, 0.25) is 0 Å². The molecule has 0 saturated carbocycles. The van der Waals surface area contributed by atoms with E-state index in [4.69, 9.17) is 15.7 Å². The first-order valence-corrected chi connectivity index (χ1v) is 13.8. The SMILES string of the molecule is CCC(CCNCc1nc(-c2ccc(C(F)(F)F)cc2)sc1COc1cc(OCC(F)(F)F)c(C(N)=NO)cc1F)C(F)(F)F. The zero-order valence-corrected chi connectivity index (χ0v) is 24.0. The van der Waals surface area contributed by atoms with E-state index in [1.54, 1.807) is 0 Å². The summed E-state index contributed by atoms with van der Waals surface area (Å²) in [6, 6.07) is 5.42. The minimum absolute atomic E-state index is 0.0602. The molecule has 3 rings (SSSR count). The first-order valence-electron chi connectivity index (χ1n) is 13.0. The Hall–Kier alpha value is -3.80. The highest BCUT2D eigenvalue weighted by molar-refractivity contribution is 7.15. The number of thiazole rings is 1. The van der Waals surface area contributed by atoms with Gasteiger partial charge in [0.1, 0.15) is 17.4 Å². The number of hydrogen-bond donors (Lipinski definition) is 3. The van der Waals surface area contributed by atoms with Gasteiger partial charge < -0.3 is 25.7 Å². The van der Waals surface area contributed by atoms with Crippen LogP contribution < -0.4 is 20.5 Å². The number of oxime groups is 1. The lowest BCUT2D eigenvalue weighted by molar-refractivity contribution is -0.176. The molecule has 0 aliphatic rings. The molecule has 45 heavy (non-hydrogen) atoms. The maximum atomic E-state index is 14.9. The van der Waals surface area contributed by atoms with Crippen molar-refractivity contribution in [2.45, 2.75) is 51.4 Å². The Kier molecular flexibility index (Phi) is 11.5. The predicted octanol–water partition coefficient (Wildman–Crippen LogP) is 7.65. The number of halogens is 10. The van der Waals surface area contributed by atoms with Crippen LogP contribution in [0.15, 0.2) is 41.6 Å². The highest BCUT2D eigenvalue weighted by Crippen LogP contribution is 2.35. The molecule has 7 nitrogen and oxygen atoms in total. The van der Waals surface area contributed by atoms with E-state index in [1.165, 1.54) is 19.1 Å². The van der Waals surface area contributed by atoms with Gasteiger partial charge in [0, 0.05) is 18.2 Å². The third-order valence-electron chi connectivity index (χ3n) is 6.32. The molecule has 2 aromatic carbocycles. The molecule has 1 unspecified atom stereocenters. The molecule has 0 spiro atoms. The summed E-state index contributed by atoms with van der Waals surface area (Å²) in [5.74, 6) is -4.63. The summed E-state index contributed by atoms with van der Waals surface area (Å²) in [4.78, 5) is 4.67. The van der Waals surface area contributed by atoms with Gasteiger partial charge in [0.15, 0.2) is 24.0 Å². The largest absolute Gasteiger partial charge is 0.485 e. The number of nitrogens with zero attached hydrogens (tertiary/aromatic N) is 2. The topological polar surface area (TPSA) is 102 Å². The first kappa shape index (κ1) is 35.7. The molecule has 1 aromatic heterocycles. The second-order valence-corrected chi connectivity index (χ2v) is 10.6. The monoisotopic (exact) mass is 676 g/mol. The summed E-state index contributed by atoms with van der Waals surface area (Å²) >= 11 is 0.942. The van der Waals surface area contributed by atoms with Crippen molar-refractivity contribution in [1.29, 1.82) is 0 Å². The second kappa shape index (κ2) is 14.5. The highest BCUT2D eigenvalue weighted by atomic mass is 32.1. The average Bonchev–Trinajstić information content (AvgIpc) is 3.36. The number of amidine groups is 1. The molecular formula is C27H26F10N4O3S. The molecule has 0 saturated heterocycles. The molecule has 0 bridgehead atoms. The summed E-state index contributed by atoms with van der Waals surface area (Å²) < 4.78 is 142. The second-order valence-electron chi connectivity index (χ2n) is 9.53. The van der Waals surface area contributed by atoms with E-state index in [0.29, 0.717) is 6.07 Å². The van der Waals surface area contributed by atoms with Gasteiger partial charge in [-0.3, -0.25) is 0 Å².